The van der Waals surface area contributed by atoms with Crippen molar-refractivity contribution in [3.8, 4) is 5.75 Å². The normalized spacial score (nSPS) is 22.2. The van der Waals surface area contributed by atoms with E-state index in [1.807, 2.05) is 11.8 Å². The summed E-state index contributed by atoms with van der Waals surface area (Å²) < 4.78 is 5.68. The minimum Gasteiger partial charge on any atom is -0.490 e. The second kappa shape index (κ2) is 5.55. The first-order valence-corrected chi connectivity index (χ1v) is 9.06. The van der Waals surface area contributed by atoms with Crippen LogP contribution in [-0.2, 0) is 0 Å². The van der Waals surface area contributed by atoms with E-state index < -0.39 is 0 Å². The second-order valence-electron chi connectivity index (χ2n) is 6.08. The van der Waals surface area contributed by atoms with E-state index in [2.05, 4.69) is 10.2 Å². The average molecular weight is 306 g/mol. The van der Waals surface area contributed by atoms with Crippen LogP contribution in [0.4, 0.5) is 11.6 Å². The largest absolute Gasteiger partial charge is 0.490 e. The Morgan fingerprint density at radius 1 is 1.14 bits per heavy atom. The van der Waals surface area contributed by atoms with E-state index in [1.54, 1.807) is 7.11 Å². The highest BCUT2D eigenvalue weighted by Gasteiger charge is 2.32. The zero-order valence-electron chi connectivity index (χ0n) is 12.5. The lowest BCUT2D eigenvalue weighted by Gasteiger charge is -2.29. The van der Waals surface area contributed by atoms with Gasteiger partial charge < -0.3 is 15.0 Å². The van der Waals surface area contributed by atoms with Crippen LogP contribution < -0.4 is 15.0 Å². The van der Waals surface area contributed by atoms with Crippen LogP contribution in [0.15, 0.2) is 0 Å². The predicted octanol–water partition coefficient (Wildman–Crippen LogP) is 2.49. The summed E-state index contributed by atoms with van der Waals surface area (Å²) in [5, 5.41) is 3.53. The molecule has 1 aliphatic heterocycles. The van der Waals surface area contributed by atoms with Gasteiger partial charge in [-0.15, -0.1) is 0 Å². The van der Waals surface area contributed by atoms with Gasteiger partial charge in [-0.3, -0.25) is 0 Å². The topological polar surface area (TPSA) is 50.3 Å². The quantitative estimate of drug-likeness (QED) is 0.902. The molecule has 1 aromatic heterocycles. The fourth-order valence-corrected chi connectivity index (χ4v) is 3.58. The molecular formula is C15H22N4OS. The Morgan fingerprint density at radius 3 is 2.52 bits per heavy atom. The lowest BCUT2D eigenvalue weighted by Crippen LogP contribution is -2.34. The summed E-state index contributed by atoms with van der Waals surface area (Å²) in [6.45, 7) is 2.09. The van der Waals surface area contributed by atoms with Crippen LogP contribution in [0.5, 0.6) is 5.75 Å². The maximum Gasteiger partial charge on any atom is 0.204 e. The molecule has 0 unspecified atom stereocenters. The fourth-order valence-electron chi connectivity index (χ4n) is 2.68. The molecule has 6 heteroatoms. The number of hydrogen-bond acceptors (Lipinski definition) is 6. The average Bonchev–Trinajstić information content (AvgIpc) is 3.40. The minimum atomic E-state index is 0.563. The zero-order valence-corrected chi connectivity index (χ0v) is 13.3. The van der Waals surface area contributed by atoms with Gasteiger partial charge in [-0.2, -0.15) is 11.8 Å². The van der Waals surface area contributed by atoms with Crippen LogP contribution in [0, 0.1) is 0 Å². The van der Waals surface area contributed by atoms with Gasteiger partial charge in [0.25, 0.3) is 0 Å². The van der Waals surface area contributed by atoms with Gasteiger partial charge >= 0.3 is 0 Å². The smallest absolute Gasteiger partial charge is 0.204 e. The van der Waals surface area contributed by atoms with Crippen LogP contribution in [0.2, 0.25) is 0 Å². The molecule has 2 heterocycles. The van der Waals surface area contributed by atoms with Gasteiger partial charge in [0.15, 0.2) is 11.6 Å². The highest BCUT2D eigenvalue weighted by Crippen LogP contribution is 2.43. The maximum atomic E-state index is 5.68. The zero-order chi connectivity index (χ0) is 14.2. The number of aromatic nitrogens is 2. The monoisotopic (exact) mass is 306 g/mol. The van der Waals surface area contributed by atoms with Crippen molar-refractivity contribution >= 4 is 23.4 Å². The SMILES string of the molecule is COc1c(NC2CC2)nc(C2CC2)nc1N1CCSCC1. The van der Waals surface area contributed by atoms with Crippen molar-refractivity contribution in [2.45, 2.75) is 37.6 Å². The number of hydrogen-bond donors (Lipinski definition) is 1. The number of nitrogens with zero attached hydrogens (tertiary/aromatic N) is 3. The fraction of sp³-hybridized carbons (Fsp3) is 0.733. The molecule has 0 atom stereocenters. The molecule has 3 aliphatic rings. The predicted molar refractivity (Wildman–Crippen MR) is 86.7 cm³/mol. The Labute approximate surface area is 129 Å². The van der Waals surface area contributed by atoms with E-state index in [1.165, 1.54) is 25.7 Å². The third kappa shape index (κ3) is 2.91. The van der Waals surface area contributed by atoms with Crippen LogP contribution in [0.1, 0.15) is 37.4 Å². The summed E-state index contributed by atoms with van der Waals surface area (Å²) in [6, 6.07) is 0.575. The summed E-state index contributed by atoms with van der Waals surface area (Å²) in [5.74, 6) is 6.64. The van der Waals surface area contributed by atoms with Crippen LogP contribution >= 0.6 is 11.8 Å². The molecule has 5 nitrogen and oxygen atoms in total. The molecule has 3 fully saturated rings. The second-order valence-corrected chi connectivity index (χ2v) is 7.30. The summed E-state index contributed by atoms with van der Waals surface area (Å²) >= 11 is 2.01. The van der Waals surface area contributed by atoms with Gasteiger partial charge in [0, 0.05) is 36.6 Å². The summed E-state index contributed by atoms with van der Waals surface area (Å²) in [6.07, 6.45) is 4.93. The number of thioether (sulfide) groups is 1. The maximum absolute atomic E-state index is 5.68. The number of ether oxygens (including phenoxy) is 1. The molecule has 2 saturated carbocycles. The number of rotatable bonds is 5. The first-order chi connectivity index (χ1) is 10.3. The van der Waals surface area contributed by atoms with Crippen molar-refractivity contribution in [3.05, 3.63) is 5.82 Å². The van der Waals surface area contributed by atoms with Crippen LogP contribution in [-0.4, -0.2) is 47.7 Å². The Morgan fingerprint density at radius 2 is 1.90 bits per heavy atom. The first-order valence-electron chi connectivity index (χ1n) is 7.90. The lowest BCUT2D eigenvalue weighted by atomic mass is 10.3. The molecule has 4 rings (SSSR count). The van der Waals surface area contributed by atoms with E-state index in [4.69, 9.17) is 14.7 Å². The summed E-state index contributed by atoms with van der Waals surface area (Å²) in [7, 11) is 1.73. The minimum absolute atomic E-state index is 0.563. The van der Waals surface area contributed by atoms with E-state index in [9.17, 15) is 0 Å². The van der Waals surface area contributed by atoms with Crippen LogP contribution in [0.3, 0.4) is 0 Å². The molecule has 1 saturated heterocycles. The van der Waals surface area contributed by atoms with E-state index in [0.29, 0.717) is 12.0 Å². The molecular weight excluding hydrogens is 284 g/mol. The number of nitrogens with one attached hydrogen (secondary N) is 1. The number of methoxy groups -OCH3 is 1. The third-order valence-corrected chi connectivity index (χ3v) is 5.18. The molecule has 0 amide bonds. The molecule has 0 bridgehead atoms. The summed E-state index contributed by atoms with van der Waals surface area (Å²) in [4.78, 5) is 12.0. The van der Waals surface area contributed by atoms with Crippen molar-refractivity contribution < 1.29 is 4.74 Å². The summed E-state index contributed by atoms with van der Waals surface area (Å²) in [5.41, 5.74) is 0. The van der Waals surface area contributed by atoms with Crippen molar-refractivity contribution in [2.24, 2.45) is 0 Å². The van der Waals surface area contributed by atoms with Gasteiger partial charge in [0.1, 0.15) is 5.82 Å². The van der Waals surface area contributed by atoms with Gasteiger partial charge in [-0.25, -0.2) is 9.97 Å². The molecule has 2 aliphatic carbocycles. The van der Waals surface area contributed by atoms with Gasteiger partial charge in [0.2, 0.25) is 5.75 Å². The molecule has 114 valence electrons. The van der Waals surface area contributed by atoms with E-state index >= 15 is 0 Å². The Bertz CT molecular complexity index is 525. The van der Waals surface area contributed by atoms with Crippen molar-refractivity contribution in [1.82, 2.24) is 9.97 Å². The lowest BCUT2D eigenvalue weighted by molar-refractivity contribution is 0.411. The molecule has 21 heavy (non-hydrogen) atoms. The van der Waals surface area contributed by atoms with E-state index in [0.717, 1.165) is 47.8 Å². The van der Waals surface area contributed by atoms with Crippen LogP contribution in [0.25, 0.3) is 0 Å². The Kier molecular flexibility index (Phi) is 3.57. The Hall–Kier alpha value is -1.17. The first kappa shape index (κ1) is 13.5. The molecule has 0 aromatic carbocycles. The molecule has 1 aromatic rings. The number of anilines is 2. The van der Waals surface area contributed by atoms with E-state index in [-0.39, 0.29) is 0 Å². The standard InChI is InChI=1S/C15H22N4OS/c1-20-12-14(16-11-4-5-11)17-13(10-2-3-10)18-15(12)19-6-8-21-9-7-19/h10-11H,2-9H2,1H3,(H,16,17,18). The third-order valence-electron chi connectivity index (χ3n) is 4.24. The van der Waals surface area contributed by atoms with Gasteiger partial charge in [-0.05, 0) is 25.7 Å². The van der Waals surface area contributed by atoms with Gasteiger partial charge in [-0.1, -0.05) is 0 Å². The Balaban J connectivity index is 1.71. The molecule has 0 spiro atoms. The highest BCUT2D eigenvalue weighted by molar-refractivity contribution is 7.99. The highest BCUT2D eigenvalue weighted by atomic mass is 32.2. The molecule has 1 N–H and O–H groups in total. The van der Waals surface area contributed by atoms with Gasteiger partial charge in [0.05, 0.1) is 7.11 Å². The van der Waals surface area contributed by atoms with Crippen molar-refractivity contribution in [2.75, 3.05) is 41.9 Å². The van der Waals surface area contributed by atoms with Crippen molar-refractivity contribution in [3.63, 3.8) is 0 Å². The molecule has 0 radical (unpaired) electrons. The van der Waals surface area contributed by atoms with Crippen molar-refractivity contribution in [1.29, 1.82) is 0 Å².